The number of carbonyl (C=O) groups is 1. The Morgan fingerprint density at radius 2 is 2.12 bits per heavy atom. The third-order valence-corrected chi connectivity index (χ3v) is 7.14. The molecule has 1 saturated heterocycles. The molecule has 1 unspecified atom stereocenters. The van der Waals surface area contributed by atoms with Gasteiger partial charge in [0.1, 0.15) is 5.82 Å². The van der Waals surface area contributed by atoms with Crippen LogP contribution in [0.4, 0.5) is 4.39 Å². The number of fused-ring (bicyclic) bond motifs is 1. The normalized spacial score (nSPS) is 20.0. The number of amides is 1. The lowest BCUT2D eigenvalue weighted by Crippen LogP contribution is -2.49. The molecule has 0 spiro atoms. The number of halogens is 2. The van der Waals surface area contributed by atoms with Crippen LogP contribution < -0.4 is 5.32 Å². The van der Waals surface area contributed by atoms with Crippen LogP contribution in [0.5, 0.6) is 0 Å². The molecule has 5 rings (SSSR count). The number of nitrogens with one attached hydrogen (secondary N) is 1. The molecule has 33 heavy (non-hydrogen) atoms. The van der Waals surface area contributed by atoms with Crippen LogP contribution >= 0.6 is 11.6 Å². The summed E-state index contributed by atoms with van der Waals surface area (Å²) < 4.78 is 16.5. The minimum atomic E-state index is -0.319. The minimum Gasteiger partial charge on any atom is -0.337 e. The molecule has 3 aromatic rings. The van der Waals surface area contributed by atoms with Gasteiger partial charge in [0, 0.05) is 23.7 Å². The van der Waals surface area contributed by atoms with Gasteiger partial charge in [0.2, 0.25) is 5.91 Å². The number of aromatic nitrogens is 2. The molecular formula is C26H28ClFN4O. The lowest BCUT2D eigenvalue weighted by molar-refractivity contribution is -0.133. The highest BCUT2D eigenvalue weighted by molar-refractivity contribution is 6.30. The van der Waals surface area contributed by atoms with Gasteiger partial charge in [-0.1, -0.05) is 36.2 Å². The molecule has 0 bridgehead atoms. The fourth-order valence-electron chi connectivity index (χ4n) is 4.94. The maximum Gasteiger partial charge on any atom is 0.239 e. The van der Waals surface area contributed by atoms with Crippen LogP contribution in [-0.4, -0.2) is 46.0 Å². The van der Waals surface area contributed by atoms with Crippen LogP contribution in [0.3, 0.4) is 0 Å². The van der Waals surface area contributed by atoms with Crippen molar-refractivity contribution < 1.29 is 9.18 Å². The quantitative estimate of drug-likeness (QED) is 0.575. The van der Waals surface area contributed by atoms with E-state index in [2.05, 4.69) is 28.5 Å². The minimum absolute atomic E-state index is 0.0332. The Morgan fingerprint density at radius 1 is 1.24 bits per heavy atom. The van der Waals surface area contributed by atoms with Crippen molar-refractivity contribution in [2.75, 3.05) is 19.6 Å². The first-order chi connectivity index (χ1) is 16.0. The predicted octanol–water partition coefficient (Wildman–Crippen LogP) is 5.20. The molecule has 0 aliphatic carbocycles. The predicted molar refractivity (Wildman–Crippen MR) is 130 cm³/mol. The van der Waals surface area contributed by atoms with Crippen LogP contribution in [0.1, 0.15) is 49.8 Å². The topological polar surface area (TPSA) is 50.2 Å². The Balaban J connectivity index is 1.37. The summed E-state index contributed by atoms with van der Waals surface area (Å²) in [7, 11) is 0. The fourth-order valence-corrected chi connectivity index (χ4v) is 5.10. The number of hydrogen-bond acceptors (Lipinski definition) is 3. The van der Waals surface area contributed by atoms with Gasteiger partial charge in [-0.2, -0.15) is 0 Å². The number of hydrogen-bond donors (Lipinski definition) is 1. The van der Waals surface area contributed by atoms with Crippen molar-refractivity contribution in [3.8, 4) is 0 Å². The summed E-state index contributed by atoms with van der Waals surface area (Å²) in [4.78, 5) is 19.3. The molecule has 0 saturated carbocycles. The SMILES string of the molecule is CC(c1ccc(Cl)cc1F)n1cnc2ccc(C3=CCN(C(=O)[C@H]4CCCCN4)CC3)cc21. The molecule has 2 aliphatic rings. The smallest absolute Gasteiger partial charge is 0.239 e. The standard InChI is InChI=1S/C26H28ClFN4O/c1-17(21-7-6-20(27)15-22(21)28)32-16-30-23-8-5-19(14-25(23)32)18-9-12-31(13-10-18)26(33)24-4-2-3-11-29-24/h5-9,14-17,24,29H,2-4,10-13H2,1H3/t17?,24-/m1/s1. The third-order valence-electron chi connectivity index (χ3n) is 6.90. The first kappa shape index (κ1) is 22.1. The second-order valence-electron chi connectivity index (χ2n) is 8.96. The molecule has 2 atom stereocenters. The number of piperidine rings is 1. The third kappa shape index (κ3) is 4.42. The van der Waals surface area contributed by atoms with Crippen molar-refractivity contribution in [3.63, 3.8) is 0 Å². The summed E-state index contributed by atoms with van der Waals surface area (Å²) in [6.45, 7) is 4.25. The maximum atomic E-state index is 14.5. The van der Waals surface area contributed by atoms with Crippen molar-refractivity contribution in [2.45, 2.75) is 44.7 Å². The summed E-state index contributed by atoms with van der Waals surface area (Å²) >= 11 is 5.93. The Hall–Kier alpha value is -2.70. The van der Waals surface area contributed by atoms with Crippen LogP contribution in [-0.2, 0) is 4.79 Å². The summed E-state index contributed by atoms with van der Waals surface area (Å²) in [5, 5.41) is 3.74. The number of rotatable bonds is 4. The maximum absolute atomic E-state index is 14.5. The Morgan fingerprint density at radius 3 is 2.85 bits per heavy atom. The zero-order chi connectivity index (χ0) is 22.9. The zero-order valence-electron chi connectivity index (χ0n) is 18.7. The number of imidazole rings is 1. The highest BCUT2D eigenvalue weighted by atomic mass is 35.5. The summed E-state index contributed by atoms with van der Waals surface area (Å²) in [6, 6.07) is 10.8. The van der Waals surface area contributed by atoms with E-state index >= 15 is 0 Å². The number of benzene rings is 2. The van der Waals surface area contributed by atoms with E-state index in [1.54, 1.807) is 18.5 Å². The van der Waals surface area contributed by atoms with E-state index in [0.717, 1.165) is 55.4 Å². The molecule has 1 amide bonds. The van der Waals surface area contributed by atoms with Gasteiger partial charge in [0.25, 0.3) is 0 Å². The monoisotopic (exact) mass is 466 g/mol. The Kier molecular flexibility index (Phi) is 6.21. The van der Waals surface area contributed by atoms with Gasteiger partial charge in [0.15, 0.2) is 0 Å². The van der Waals surface area contributed by atoms with E-state index in [9.17, 15) is 9.18 Å². The van der Waals surface area contributed by atoms with Crippen LogP contribution in [0.2, 0.25) is 5.02 Å². The molecular weight excluding hydrogens is 439 g/mol. The average Bonchev–Trinajstić information content (AvgIpc) is 3.27. The van der Waals surface area contributed by atoms with Gasteiger partial charge in [-0.15, -0.1) is 0 Å². The second-order valence-corrected chi connectivity index (χ2v) is 9.40. The van der Waals surface area contributed by atoms with Crippen molar-refractivity contribution in [1.82, 2.24) is 19.8 Å². The highest BCUT2D eigenvalue weighted by Gasteiger charge is 2.27. The van der Waals surface area contributed by atoms with Crippen molar-refractivity contribution in [2.24, 2.45) is 0 Å². The fraction of sp³-hybridized carbons (Fsp3) is 0.385. The molecule has 5 nitrogen and oxygen atoms in total. The molecule has 0 radical (unpaired) electrons. The van der Waals surface area contributed by atoms with Crippen LogP contribution in [0.15, 0.2) is 48.8 Å². The lowest BCUT2D eigenvalue weighted by Gasteiger charge is -2.32. The molecule has 1 fully saturated rings. The van der Waals surface area contributed by atoms with E-state index < -0.39 is 0 Å². The van der Waals surface area contributed by atoms with Crippen LogP contribution in [0, 0.1) is 5.82 Å². The summed E-state index contributed by atoms with van der Waals surface area (Å²) in [5.41, 5.74) is 4.76. The largest absolute Gasteiger partial charge is 0.337 e. The molecule has 1 aromatic heterocycles. The second kappa shape index (κ2) is 9.27. The van der Waals surface area contributed by atoms with E-state index in [0.29, 0.717) is 17.1 Å². The van der Waals surface area contributed by atoms with Crippen molar-refractivity contribution in [1.29, 1.82) is 0 Å². The van der Waals surface area contributed by atoms with Gasteiger partial charge in [0.05, 0.1) is 29.4 Å². The van der Waals surface area contributed by atoms with E-state index in [4.69, 9.17) is 11.6 Å². The van der Waals surface area contributed by atoms with E-state index in [-0.39, 0.29) is 23.8 Å². The van der Waals surface area contributed by atoms with Gasteiger partial charge in [-0.05, 0) is 68.1 Å². The first-order valence-electron chi connectivity index (χ1n) is 11.6. The molecule has 172 valence electrons. The molecule has 1 N–H and O–H groups in total. The van der Waals surface area contributed by atoms with Gasteiger partial charge in [-0.25, -0.2) is 9.37 Å². The number of carbonyl (C=O) groups excluding carboxylic acids is 1. The average molecular weight is 467 g/mol. The van der Waals surface area contributed by atoms with Gasteiger partial charge >= 0.3 is 0 Å². The number of nitrogens with zero attached hydrogens (tertiary/aromatic N) is 3. The molecule has 3 heterocycles. The Labute approximate surface area is 198 Å². The summed E-state index contributed by atoms with van der Waals surface area (Å²) in [5.74, 6) is -0.0995. The molecule has 7 heteroatoms. The van der Waals surface area contributed by atoms with E-state index in [1.165, 1.54) is 11.6 Å². The van der Waals surface area contributed by atoms with Gasteiger partial charge in [-0.3, -0.25) is 4.79 Å². The highest BCUT2D eigenvalue weighted by Crippen LogP contribution is 2.30. The van der Waals surface area contributed by atoms with Crippen LogP contribution in [0.25, 0.3) is 16.6 Å². The first-order valence-corrected chi connectivity index (χ1v) is 12.0. The summed E-state index contributed by atoms with van der Waals surface area (Å²) in [6.07, 6.45) is 7.94. The molecule has 2 aliphatic heterocycles. The van der Waals surface area contributed by atoms with E-state index in [1.807, 2.05) is 22.5 Å². The Bertz CT molecular complexity index is 1210. The zero-order valence-corrected chi connectivity index (χ0v) is 19.5. The lowest BCUT2D eigenvalue weighted by atomic mass is 9.97. The van der Waals surface area contributed by atoms with Gasteiger partial charge < -0.3 is 14.8 Å². The molecule has 2 aromatic carbocycles. The van der Waals surface area contributed by atoms with Crippen molar-refractivity contribution in [3.05, 3.63) is 70.8 Å². The van der Waals surface area contributed by atoms with Crippen molar-refractivity contribution >= 4 is 34.1 Å².